The summed E-state index contributed by atoms with van der Waals surface area (Å²) in [7, 11) is 0. The summed E-state index contributed by atoms with van der Waals surface area (Å²) in [6, 6.07) is 21.7. The fraction of sp³-hybridized carbons (Fsp3) is 0.154. The van der Waals surface area contributed by atoms with Crippen molar-refractivity contribution in [1.82, 2.24) is 0 Å². The molecule has 0 heterocycles. The molecular weight excluding hydrogens is 418 g/mol. The van der Waals surface area contributed by atoms with Crippen molar-refractivity contribution in [2.24, 2.45) is 10.2 Å². The molecule has 0 bridgehead atoms. The van der Waals surface area contributed by atoms with E-state index in [0.717, 1.165) is 11.3 Å². The molecule has 0 unspecified atom stereocenters. The van der Waals surface area contributed by atoms with Crippen LogP contribution in [0.1, 0.15) is 22.8 Å². The van der Waals surface area contributed by atoms with Gasteiger partial charge in [-0.25, -0.2) is 4.79 Å². The molecule has 3 rings (SSSR count). The molecule has 0 spiro atoms. The Morgan fingerprint density at radius 1 is 0.909 bits per heavy atom. The lowest BCUT2D eigenvalue weighted by atomic mass is 10.1. The fourth-order valence-corrected chi connectivity index (χ4v) is 2.77. The average molecular weight is 444 g/mol. The molecule has 0 saturated heterocycles. The van der Waals surface area contributed by atoms with Gasteiger partial charge < -0.3 is 14.8 Å². The Kier molecular flexibility index (Phi) is 8.07. The van der Waals surface area contributed by atoms with Crippen LogP contribution in [0.2, 0.25) is 0 Å². The number of esters is 1. The quantitative estimate of drug-likeness (QED) is 0.186. The Hall–Kier alpha value is -4.26. The van der Waals surface area contributed by atoms with E-state index in [2.05, 4.69) is 22.1 Å². The summed E-state index contributed by atoms with van der Waals surface area (Å²) < 4.78 is 10.5. The van der Waals surface area contributed by atoms with Crippen molar-refractivity contribution in [3.8, 4) is 5.75 Å². The van der Waals surface area contributed by atoms with E-state index in [4.69, 9.17) is 9.47 Å². The number of carbonyl (C=O) groups excluding carboxylic acids is 2. The van der Waals surface area contributed by atoms with Crippen LogP contribution >= 0.6 is 0 Å². The van der Waals surface area contributed by atoms with Crippen LogP contribution in [0, 0.1) is 6.92 Å². The first-order valence-corrected chi connectivity index (χ1v) is 10.4. The minimum atomic E-state index is -0.451. The zero-order chi connectivity index (χ0) is 23.6. The molecule has 0 fully saturated rings. The monoisotopic (exact) mass is 443 g/mol. The fourth-order valence-electron chi connectivity index (χ4n) is 2.77. The predicted octanol–water partition coefficient (Wildman–Crippen LogP) is 6.16. The highest BCUT2D eigenvalue weighted by Crippen LogP contribution is 2.24. The zero-order valence-electron chi connectivity index (χ0n) is 18.6. The van der Waals surface area contributed by atoms with Gasteiger partial charge in [-0.1, -0.05) is 24.8 Å². The van der Waals surface area contributed by atoms with Crippen LogP contribution < -0.4 is 10.1 Å². The summed E-state index contributed by atoms with van der Waals surface area (Å²) in [6.45, 7) is 7.32. The van der Waals surface area contributed by atoms with Gasteiger partial charge in [0.1, 0.15) is 19.0 Å². The Bertz CT molecular complexity index is 1160. The van der Waals surface area contributed by atoms with Crippen LogP contribution in [0.25, 0.3) is 0 Å². The van der Waals surface area contributed by atoms with Crippen molar-refractivity contribution < 1.29 is 19.1 Å². The summed E-state index contributed by atoms with van der Waals surface area (Å²) in [6.07, 6.45) is 0. The Morgan fingerprint density at radius 2 is 1.61 bits per heavy atom. The van der Waals surface area contributed by atoms with Gasteiger partial charge in [-0.2, -0.15) is 10.2 Å². The van der Waals surface area contributed by atoms with E-state index >= 15 is 0 Å². The maximum atomic E-state index is 12.6. The number of hydrogen-bond acceptors (Lipinski definition) is 6. The molecule has 0 aliphatic rings. The van der Waals surface area contributed by atoms with Gasteiger partial charge >= 0.3 is 5.97 Å². The lowest BCUT2D eigenvalue weighted by molar-refractivity contribution is -0.139. The van der Waals surface area contributed by atoms with Crippen molar-refractivity contribution in [1.29, 1.82) is 0 Å². The summed E-state index contributed by atoms with van der Waals surface area (Å²) in [5.41, 5.74) is 3.86. The molecule has 0 aliphatic heterocycles. The standard InChI is InChI=1S/C26H25N3O4/c1-18(2)26(31)33-16-15-32-23-12-9-20(10-13-23)25(30)27-24-14-11-22(17-19(24)3)29-28-21-7-5-4-6-8-21/h4-14,17H,1,15-16H2,2-3H3,(H,27,30). The SMILES string of the molecule is C=C(C)C(=O)OCCOc1ccc(C(=O)Nc2ccc(N=Nc3ccccc3)cc2C)cc1. The molecular formula is C26H25N3O4. The van der Waals surface area contributed by atoms with Gasteiger partial charge in [0.25, 0.3) is 5.91 Å². The number of amides is 1. The van der Waals surface area contributed by atoms with Gasteiger partial charge in [0.15, 0.2) is 0 Å². The third kappa shape index (κ3) is 7.14. The predicted molar refractivity (Wildman–Crippen MR) is 127 cm³/mol. The molecule has 0 saturated carbocycles. The number of rotatable bonds is 9. The summed E-state index contributed by atoms with van der Waals surface area (Å²) in [5, 5.41) is 11.3. The van der Waals surface area contributed by atoms with Gasteiger partial charge in [0.2, 0.25) is 0 Å². The number of ether oxygens (including phenoxy) is 2. The van der Waals surface area contributed by atoms with Crippen molar-refractivity contribution in [3.05, 3.63) is 96.1 Å². The number of benzene rings is 3. The lowest BCUT2D eigenvalue weighted by Crippen LogP contribution is -2.13. The van der Waals surface area contributed by atoms with E-state index in [1.807, 2.05) is 43.3 Å². The van der Waals surface area contributed by atoms with Crippen molar-refractivity contribution in [2.75, 3.05) is 18.5 Å². The van der Waals surface area contributed by atoms with E-state index < -0.39 is 5.97 Å². The first-order valence-electron chi connectivity index (χ1n) is 10.4. The van der Waals surface area contributed by atoms with Gasteiger partial charge in [-0.15, -0.1) is 0 Å². The number of anilines is 1. The maximum absolute atomic E-state index is 12.6. The number of carbonyl (C=O) groups is 2. The summed E-state index contributed by atoms with van der Waals surface area (Å²) in [5.74, 6) is -0.117. The molecule has 0 aliphatic carbocycles. The number of aryl methyl sites for hydroxylation is 1. The van der Waals surface area contributed by atoms with Crippen LogP contribution in [-0.2, 0) is 9.53 Å². The topological polar surface area (TPSA) is 89.3 Å². The van der Waals surface area contributed by atoms with Crippen LogP contribution in [0.4, 0.5) is 17.1 Å². The molecule has 0 radical (unpaired) electrons. The van der Waals surface area contributed by atoms with Crippen LogP contribution in [0.3, 0.4) is 0 Å². The third-order valence-corrected chi connectivity index (χ3v) is 4.55. The summed E-state index contributed by atoms with van der Waals surface area (Å²) >= 11 is 0. The molecule has 33 heavy (non-hydrogen) atoms. The van der Waals surface area contributed by atoms with Gasteiger partial charge in [-0.05, 0) is 74.0 Å². The van der Waals surface area contributed by atoms with Crippen molar-refractivity contribution in [2.45, 2.75) is 13.8 Å². The van der Waals surface area contributed by atoms with E-state index in [1.54, 1.807) is 43.3 Å². The number of nitrogens with zero attached hydrogens (tertiary/aromatic N) is 2. The average Bonchev–Trinajstić information content (AvgIpc) is 2.82. The van der Waals surface area contributed by atoms with E-state index in [1.165, 1.54) is 0 Å². The van der Waals surface area contributed by atoms with Crippen LogP contribution in [0.15, 0.2) is 95.2 Å². The molecule has 168 valence electrons. The lowest BCUT2D eigenvalue weighted by Gasteiger charge is -2.10. The molecule has 1 amide bonds. The number of hydrogen-bond donors (Lipinski definition) is 1. The smallest absolute Gasteiger partial charge is 0.333 e. The normalized spacial score (nSPS) is 10.6. The second-order valence-corrected chi connectivity index (χ2v) is 7.28. The Balaban J connectivity index is 1.53. The number of azo groups is 1. The second kappa shape index (κ2) is 11.4. The molecule has 1 N–H and O–H groups in total. The van der Waals surface area contributed by atoms with Gasteiger partial charge in [0.05, 0.1) is 11.4 Å². The highest BCUT2D eigenvalue weighted by Gasteiger charge is 2.09. The van der Waals surface area contributed by atoms with Crippen molar-refractivity contribution in [3.63, 3.8) is 0 Å². The first kappa shape index (κ1) is 23.4. The zero-order valence-corrected chi connectivity index (χ0v) is 18.6. The van der Waals surface area contributed by atoms with Gasteiger partial charge in [-0.3, -0.25) is 4.79 Å². The molecule has 7 nitrogen and oxygen atoms in total. The molecule has 3 aromatic rings. The van der Waals surface area contributed by atoms with Crippen molar-refractivity contribution >= 4 is 28.9 Å². The highest BCUT2D eigenvalue weighted by atomic mass is 16.6. The third-order valence-electron chi connectivity index (χ3n) is 4.55. The van der Waals surface area contributed by atoms with E-state index in [9.17, 15) is 9.59 Å². The van der Waals surface area contributed by atoms with Crippen LogP contribution in [0.5, 0.6) is 5.75 Å². The first-order chi connectivity index (χ1) is 15.9. The van der Waals surface area contributed by atoms with E-state index in [-0.39, 0.29) is 19.1 Å². The minimum Gasteiger partial charge on any atom is -0.490 e. The molecule has 7 heteroatoms. The number of nitrogens with one attached hydrogen (secondary N) is 1. The molecule has 3 aromatic carbocycles. The maximum Gasteiger partial charge on any atom is 0.333 e. The molecule has 0 aromatic heterocycles. The van der Waals surface area contributed by atoms with Gasteiger partial charge in [0, 0.05) is 16.8 Å². The largest absolute Gasteiger partial charge is 0.490 e. The highest BCUT2D eigenvalue weighted by molar-refractivity contribution is 6.04. The molecule has 0 atom stereocenters. The minimum absolute atomic E-state index is 0.119. The Labute approximate surface area is 192 Å². The van der Waals surface area contributed by atoms with Crippen LogP contribution in [-0.4, -0.2) is 25.1 Å². The van der Waals surface area contributed by atoms with E-state index in [0.29, 0.717) is 28.3 Å². The second-order valence-electron chi connectivity index (χ2n) is 7.28. The summed E-state index contributed by atoms with van der Waals surface area (Å²) in [4.78, 5) is 23.9. The Morgan fingerprint density at radius 3 is 2.27 bits per heavy atom.